The number of carbonyl (C=O) groups is 1. The van der Waals surface area contributed by atoms with Crippen molar-refractivity contribution >= 4 is 43.8 Å². The molecule has 3 aromatic carbocycles. The van der Waals surface area contributed by atoms with Crippen LogP contribution >= 0.6 is 11.6 Å². The number of hydrogen-bond donors (Lipinski definition) is 3. The number of H-pyrrole nitrogens is 1. The van der Waals surface area contributed by atoms with Gasteiger partial charge in [-0.2, -0.15) is 0 Å². The number of ketones is 1. The zero-order valence-electron chi connectivity index (χ0n) is 22.9. The van der Waals surface area contributed by atoms with Crippen LogP contribution in [0.5, 0.6) is 23.0 Å². The highest BCUT2D eigenvalue weighted by Crippen LogP contribution is 2.40. The van der Waals surface area contributed by atoms with E-state index < -0.39 is 33.8 Å². The molecule has 0 amide bonds. The van der Waals surface area contributed by atoms with Gasteiger partial charge in [-0.3, -0.25) is 4.79 Å². The van der Waals surface area contributed by atoms with Crippen molar-refractivity contribution in [1.29, 1.82) is 0 Å². The lowest BCUT2D eigenvalue weighted by Gasteiger charge is -2.23. The predicted molar refractivity (Wildman–Crippen MR) is 152 cm³/mol. The molecule has 0 fully saturated rings. The fourth-order valence-electron chi connectivity index (χ4n) is 4.32. The number of fused-ring (bicyclic) bond motifs is 1. The Labute approximate surface area is 249 Å². The highest BCUT2D eigenvalue weighted by Gasteiger charge is 2.34. The van der Waals surface area contributed by atoms with Crippen LogP contribution in [-0.2, 0) is 9.84 Å². The highest BCUT2D eigenvalue weighted by atomic mass is 35.5. The van der Waals surface area contributed by atoms with Crippen LogP contribution in [0.2, 0.25) is 5.02 Å². The summed E-state index contributed by atoms with van der Waals surface area (Å²) in [5, 5.41) is 12.7. The molecule has 0 radical (unpaired) electrons. The number of sulfone groups is 1. The Hall–Kier alpha value is -4.14. The number of aliphatic hydroxyl groups is 1. The van der Waals surface area contributed by atoms with Crippen molar-refractivity contribution in [2.45, 2.75) is 17.3 Å². The number of halogens is 4. The molecule has 4 rings (SSSR count). The number of benzene rings is 3. The summed E-state index contributed by atoms with van der Waals surface area (Å²) in [6, 6.07) is 9.48. The van der Waals surface area contributed by atoms with E-state index in [1.165, 1.54) is 62.9 Å². The lowest BCUT2D eigenvalue weighted by atomic mass is 9.95. The van der Waals surface area contributed by atoms with Gasteiger partial charge in [-0.15, -0.1) is 13.2 Å². The van der Waals surface area contributed by atoms with Gasteiger partial charge in [-0.1, -0.05) is 17.7 Å². The third kappa shape index (κ3) is 7.45. The van der Waals surface area contributed by atoms with E-state index >= 15 is 0 Å². The first-order valence-corrected chi connectivity index (χ1v) is 14.7. The first-order valence-electron chi connectivity index (χ1n) is 12.4. The number of ether oxygens (including phenoxy) is 4. The number of Topliss-reactive ketones (excluding diaryl/α,β-unsaturated/α-hetero) is 1. The molecule has 0 saturated carbocycles. The first kappa shape index (κ1) is 31.8. The van der Waals surface area contributed by atoms with Crippen molar-refractivity contribution in [3.05, 3.63) is 70.9 Å². The average Bonchev–Trinajstić information content (AvgIpc) is 3.35. The van der Waals surface area contributed by atoms with E-state index in [1.807, 2.05) is 0 Å². The maximum atomic E-state index is 14.3. The van der Waals surface area contributed by atoms with E-state index in [0.717, 1.165) is 12.3 Å². The molecule has 0 aliphatic carbocycles. The predicted octanol–water partition coefficient (Wildman–Crippen LogP) is 5.55. The summed E-state index contributed by atoms with van der Waals surface area (Å²) < 4.78 is 84.2. The summed E-state index contributed by atoms with van der Waals surface area (Å²) in [5.74, 6) is -1.22. The number of carbonyl (C=O) groups excluding carboxylic acids is 1. The number of alkyl halides is 3. The van der Waals surface area contributed by atoms with Gasteiger partial charge < -0.3 is 34.4 Å². The van der Waals surface area contributed by atoms with Gasteiger partial charge in [0.2, 0.25) is 0 Å². The molecule has 1 aromatic heterocycles. The molecule has 3 N–H and O–H groups in total. The second-order valence-corrected chi connectivity index (χ2v) is 11.6. The van der Waals surface area contributed by atoms with E-state index in [1.54, 1.807) is 0 Å². The van der Waals surface area contributed by atoms with E-state index in [4.69, 9.17) is 25.8 Å². The van der Waals surface area contributed by atoms with Crippen molar-refractivity contribution in [1.82, 2.24) is 4.98 Å². The molecule has 0 aliphatic heterocycles. The minimum Gasteiger partial charge on any atom is -0.497 e. The van der Waals surface area contributed by atoms with E-state index in [9.17, 15) is 31.5 Å². The average molecular weight is 643 g/mol. The Kier molecular flexibility index (Phi) is 9.32. The highest BCUT2D eigenvalue weighted by molar-refractivity contribution is 7.90. The largest absolute Gasteiger partial charge is 0.573 e. The molecule has 1 unspecified atom stereocenters. The smallest absolute Gasteiger partial charge is 0.497 e. The Bertz CT molecular complexity index is 1760. The van der Waals surface area contributed by atoms with Gasteiger partial charge in [0.1, 0.15) is 24.1 Å². The zero-order valence-corrected chi connectivity index (χ0v) is 24.5. The number of aromatic nitrogens is 1. The van der Waals surface area contributed by atoms with E-state index in [2.05, 4.69) is 15.0 Å². The van der Waals surface area contributed by atoms with Crippen LogP contribution in [0.15, 0.2) is 59.6 Å². The molecule has 43 heavy (non-hydrogen) atoms. The van der Waals surface area contributed by atoms with Crippen molar-refractivity contribution < 1.29 is 50.4 Å². The van der Waals surface area contributed by atoms with Gasteiger partial charge in [0.05, 0.1) is 31.2 Å². The Balaban J connectivity index is 1.90. The molecule has 0 saturated heterocycles. The summed E-state index contributed by atoms with van der Waals surface area (Å²) in [6.07, 6.45) is -2.71. The molecule has 230 valence electrons. The summed E-state index contributed by atoms with van der Waals surface area (Å²) in [4.78, 5) is 17.0. The van der Waals surface area contributed by atoms with Crippen LogP contribution in [0.1, 0.15) is 22.0 Å². The number of nitrogens with one attached hydrogen (secondary N) is 2. The Morgan fingerprint density at radius 3 is 2.42 bits per heavy atom. The van der Waals surface area contributed by atoms with Gasteiger partial charge in [0, 0.05) is 51.8 Å². The van der Waals surface area contributed by atoms with Gasteiger partial charge in [-0.25, -0.2) is 8.42 Å². The third-order valence-electron chi connectivity index (χ3n) is 6.21. The third-order valence-corrected chi connectivity index (χ3v) is 7.54. The first-order chi connectivity index (χ1) is 20.2. The lowest BCUT2D eigenvalue weighted by molar-refractivity contribution is -0.275. The van der Waals surface area contributed by atoms with Crippen LogP contribution in [0, 0.1) is 0 Å². The van der Waals surface area contributed by atoms with Crippen LogP contribution in [0.25, 0.3) is 10.9 Å². The topological polar surface area (TPSA) is 136 Å². The SMILES string of the molecule is COc1cc(NC(C(=O)c2c[nH]c3cc(OC)c(OC(F)(F)F)cc23)c2ccc(Cl)cc2OCCO)cc(S(C)(=O)=O)c1. The number of methoxy groups -OCH3 is 2. The number of aromatic amines is 1. The molecule has 0 bridgehead atoms. The molecule has 0 spiro atoms. The normalized spacial score (nSPS) is 12.6. The number of anilines is 1. The fourth-order valence-corrected chi connectivity index (χ4v) is 5.15. The molecule has 15 heteroatoms. The summed E-state index contributed by atoms with van der Waals surface area (Å²) >= 11 is 6.17. The van der Waals surface area contributed by atoms with E-state index in [-0.39, 0.29) is 68.1 Å². The monoisotopic (exact) mass is 642 g/mol. The molecular formula is C28H26ClF3N2O8S. The van der Waals surface area contributed by atoms with Crippen molar-refractivity contribution in [2.75, 3.05) is 39.0 Å². The minimum atomic E-state index is -5.03. The van der Waals surface area contributed by atoms with Crippen LogP contribution in [0.4, 0.5) is 18.9 Å². The van der Waals surface area contributed by atoms with Crippen molar-refractivity contribution in [3.63, 3.8) is 0 Å². The number of hydrogen-bond acceptors (Lipinski definition) is 9. The number of aliphatic hydroxyl groups excluding tert-OH is 1. The molecule has 1 atom stereocenters. The Morgan fingerprint density at radius 1 is 1.05 bits per heavy atom. The second-order valence-electron chi connectivity index (χ2n) is 9.16. The maximum absolute atomic E-state index is 14.3. The quantitative estimate of drug-likeness (QED) is 0.170. The van der Waals surface area contributed by atoms with Gasteiger partial charge >= 0.3 is 6.36 Å². The van der Waals surface area contributed by atoms with Crippen LogP contribution in [-0.4, -0.2) is 64.3 Å². The summed E-state index contributed by atoms with van der Waals surface area (Å²) in [7, 11) is -1.19. The summed E-state index contributed by atoms with van der Waals surface area (Å²) in [5.41, 5.74) is 0.656. The van der Waals surface area contributed by atoms with Gasteiger partial charge in [0.25, 0.3) is 0 Å². The molecule has 0 aliphatic rings. The molecule has 10 nitrogen and oxygen atoms in total. The van der Waals surface area contributed by atoms with Crippen molar-refractivity contribution in [2.24, 2.45) is 0 Å². The molecular weight excluding hydrogens is 617 g/mol. The molecule has 1 heterocycles. The lowest BCUT2D eigenvalue weighted by Crippen LogP contribution is -2.22. The van der Waals surface area contributed by atoms with Crippen molar-refractivity contribution in [3.8, 4) is 23.0 Å². The fraction of sp³-hybridized carbons (Fsp3) is 0.250. The number of rotatable bonds is 12. The van der Waals surface area contributed by atoms with E-state index in [0.29, 0.717) is 0 Å². The molecule has 4 aromatic rings. The van der Waals surface area contributed by atoms with Gasteiger partial charge in [0.15, 0.2) is 27.1 Å². The van der Waals surface area contributed by atoms with Gasteiger partial charge in [-0.05, 0) is 30.3 Å². The van der Waals surface area contributed by atoms with Crippen LogP contribution in [0.3, 0.4) is 0 Å². The Morgan fingerprint density at radius 2 is 1.79 bits per heavy atom. The summed E-state index contributed by atoms with van der Waals surface area (Å²) in [6.45, 7) is -0.492. The maximum Gasteiger partial charge on any atom is 0.573 e. The zero-order chi connectivity index (χ0) is 31.5. The second kappa shape index (κ2) is 12.6. The van der Waals surface area contributed by atoms with Crippen LogP contribution < -0.4 is 24.3 Å². The minimum absolute atomic E-state index is 0.0310. The standard InChI is InChI=1S/C28H26ClF3N2O8S/c1-39-17-9-16(10-18(11-17)43(3,37)38)34-26(19-5-4-15(29)8-23(19)41-7-6-35)27(36)21-14-33-22-13-24(40-2)25(12-20(21)22)42-28(30,31)32/h4-5,8-14,26,33-35H,6-7H2,1-3H3.